The first-order chi connectivity index (χ1) is 8.00. The van der Waals surface area contributed by atoms with Crippen LogP contribution in [-0.4, -0.2) is 48.5 Å². The summed E-state index contributed by atoms with van der Waals surface area (Å²) >= 11 is 0. The van der Waals surface area contributed by atoms with Crippen molar-refractivity contribution in [1.82, 2.24) is 4.90 Å². The van der Waals surface area contributed by atoms with E-state index in [9.17, 15) is 5.11 Å². The van der Waals surface area contributed by atoms with Gasteiger partial charge in [-0.15, -0.1) is 0 Å². The second kappa shape index (κ2) is 6.72. The highest BCUT2D eigenvalue weighted by atomic mass is 16.5. The van der Waals surface area contributed by atoms with E-state index in [1.165, 1.54) is 0 Å². The quantitative estimate of drug-likeness (QED) is 0.727. The molecule has 1 saturated carbocycles. The van der Waals surface area contributed by atoms with Gasteiger partial charge in [-0.1, -0.05) is 20.8 Å². The smallest absolute Gasteiger partial charge is 0.0695 e. The highest BCUT2D eigenvalue weighted by Crippen LogP contribution is 2.37. The van der Waals surface area contributed by atoms with Gasteiger partial charge in [0.05, 0.1) is 12.7 Å². The Morgan fingerprint density at radius 3 is 2.65 bits per heavy atom. The molecular weight excluding hydrogens is 214 g/mol. The first kappa shape index (κ1) is 14.9. The van der Waals surface area contributed by atoms with Gasteiger partial charge < -0.3 is 9.84 Å². The molecular formula is C14H29NO2. The van der Waals surface area contributed by atoms with E-state index in [4.69, 9.17) is 4.74 Å². The predicted molar refractivity (Wildman–Crippen MR) is 71.2 cm³/mol. The lowest BCUT2D eigenvalue weighted by Crippen LogP contribution is -2.50. The molecule has 0 bridgehead atoms. The third-order valence-corrected chi connectivity index (χ3v) is 3.92. The molecule has 0 heterocycles. The molecule has 0 radical (unpaired) electrons. The van der Waals surface area contributed by atoms with E-state index in [-0.39, 0.29) is 6.10 Å². The fraction of sp³-hybridized carbons (Fsp3) is 1.00. The molecule has 3 nitrogen and oxygen atoms in total. The Hall–Kier alpha value is -0.120. The Kier molecular flexibility index (Phi) is 5.90. The van der Waals surface area contributed by atoms with Crippen molar-refractivity contribution in [3.8, 4) is 0 Å². The first-order valence-electron chi connectivity index (χ1n) is 7.00. The molecule has 0 saturated heterocycles. The maximum Gasteiger partial charge on any atom is 0.0695 e. The molecule has 0 aromatic heterocycles. The van der Waals surface area contributed by atoms with Crippen LogP contribution in [0.25, 0.3) is 0 Å². The van der Waals surface area contributed by atoms with Crippen LogP contribution >= 0.6 is 0 Å². The van der Waals surface area contributed by atoms with Crippen molar-refractivity contribution in [2.75, 3.05) is 26.3 Å². The Morgan fingerprint density at radius 2 is 2.06 bits per heavy atom. The average Bonchev–Trinajstić information content (AvgIpc) is 2.28. The minimum Gasteiger partial charge on any atom is -0.391 e. The van der Waals surface area contributed by atoms with Gasteiger partial charge in [0.1, 0.15) is 0 Å². The summed E-state index contributed by atoms with van der Waals surface area (Å²) in [5.74, 6) is 0. The zero-order chi connectivity index (χ0) is 12.9. The molecule has 1 aliphatic carbocycles. The van der Waals surface area contributed by atoms with Crippen molar-refractivity contribution in [1.29, 1.82) is 0 Å². The number of ether oxygens (including phenoxy) is 1. The molecule has 17 heavy (non-hydrogen) atoms. The van der Waals surface area contributed by atoms with E-state index in [0.717, 1.165) is 45.6 Å². The van der Waals surface area contributed by atoms with Crippen LogP contribution in [0.15, 0.2) is 0 Å². The van der Waals surface area contributed by atoms with Crippen molar-refractivity contribution in [2.24, 2.45) is 5.41 Å². The Labute approximate surface area is 106 Å². The Morgan fingerprint density at radius 1 is 1.35 bits per heavy atom. The molecule has 1 fully saturated rings. The van der Waals surface area contributed by atoms with Gasteiger partial charge in [-0.3, -0.25) is 4.90 Å². The molecule has 1 aliphatic rings. The minimum absolute atomic E-state index is 0.162. The number of aliphatic hydroxyl groups excluding tert-OH is 1. The molecule has 1 rings (SSSR count). The number of hydrogen-bond acceptors (Lipinski definition) is 3. The summed E-state index contributed by atoms with van der Waals surface area (Å²) < 4.78 is 5.42. The molecule has 0 aromatic rings. The van der Waals surface area contributed by atoms with Crippen molar-refractivity contribution in [3.05, 3.63) is 0 Å². The van der Waals surface area contributed by atoms with Crippen LogP contribution in [0, 0.1) is 5.41 Å². The predicted octanol–water partition coefficient (Wildman–Crippen LogP) is 2.28. The normalized spacial score (nSPS) is 28.6. The monoisotopic (exact) mass is 243 g/mol. The molecule has 0 amide bonds. The van der Waals surface area contributed by atoms with E-state index >= 15 is 0 Å². The van der Waals surface area contributed by atoms with Crippen molar-refractivity contribution < 1.29 is 9.84 Å². The largest absolute Gasteiger partial charge is 0.391 e. The van der Waals surface area contributed by atoms with Gasteiger partial charge in [0, 0.05) is 19.2 Å². The van der Waals surface area contributed by atoms with Gasteiger partial charge in [-0.2, -0.15) is 0 Å². The maximum atomic E-state index is 10.2. The van der Waals surface area contributed by atoms with E-state index in [2.05, 4.69) is 25.7 Å². The van der Waals surface area contributed by atoms with Gasteiger partial charge >= 0.3 is 0 Å². The summed E-state index contributed by atoms with van der Waals surface area (Å²) in [6.45, 7) is 12.3. The lowest BCUT2D eigenvalue weighted by molar-refractivity contribution is -0.0244. The van der Waals surface area contributed by atoms with Crippen LogP contribution in [0.1, 0.15) is 47.0 Å². The van der Waals surface area contributed by atoms with Gasteiger partial charge in [-0.25, -0.2) is 0 Å². The Bertz CT molecular complexity index is 218. The SMILES string of the molecule is CCOCCN(CC)C1CC(C)(C)CCC1O. The zero-order valence-electron chi connectivity index (χ0n) is 11.9. The number of nitrogens with zero attached hydrogens (tertiary/aromatic N) is 1. The summed E-state index contributed by atoms with van der Waals surface area (Å²) in [6, 6.07) is 0.309. The van der Waals surface area contributed by atoms with Crippen LogP contribution in [-0.2, 0) is 4.74 Å². The van der Waals surface area contributed by atoms with E-state index in [1.54, 1.807) is 0 Å². The molecule has 102 valence electrons. The average molecular weight is 243 g/mol. The van der Waals surface area contributed by atoms with Crippen LogP contribution in [0.2, 0.25) is 0 Å². The Balaban J connectivity index is 2.52. The molecule has 1 N–H and O–H groups in total. The fourth-order valence-corrected chi connectivity index (χ4v) is 2.79. The van der Waals surface area contributed by atoms with Gasteiger partial charge in [0.2, 0.25) is 0 Å². The topological polar surface area (TPSA) is 32.7 Å². The van der Waals surface area contributed by atoms with Crippen molar-refractivity contribution in [2.45, 2.75) is 59.1 Å². The third kappa shape index (κ3) is 4.57. The van der Waals surface area contributed by atoms with Crippen LogP contribution in [0.5, 0.6) is 0 Å². The standard InChI is InChI=1S/C14H29NO2/c1-5-15(9-10-17-6-2)12-11-14(3,4)8-7-13(12)16/h12-13,16H,5-11H2,1-4H3. The fourth-order valence-electron chi connectivity index (χ4n) is 2.79. The molecule has 2 unspecified atom stereocenters. The molecule has 2 atom stereocenters. The number of hydrogen-bond donors (Lipinski definition) is 1. The second-order valence-electron chi connectivity index (χ2n) is 5.87. The van der Waals surface area contributed by atoms with Crippen LogP contribution in [0.3, 0.4) is 0 Å². The zero-order valence-corrected chi connectivity index (χ0v) is 11.9. The summed E-state index contributed by atoms with van der Waals surface area (Å²) in [7, 11) is 0. The van der Waals surface area contributed by atoms with Crippen molar-refractivity contribution >= 4 is 0 Å². The number of aliphatic hydroxyl groups is 1. The summed E-state index contributed by atoms with van der Waals surface area (Å²) in [4.78, 5) is 2.38. The highest BCUT2D eigenvalue weighted by molar-refractivity contribution is 4.90. The maximum absolute atomic E-state index is 10.2. The van der Waals surface area contributed by atoms with Gasteiger partial charge in [0.25, 0.3) is 0 Å². The molecule has 3 heteroatoms. The first-order valence-corrected chi connectivity index (χ1v) is 7.00. The molecule has 0 spiro atoms. The van der Waals surface area contributed by atoms with Crippen LogP contribution < -0.4 is 0 Å². The van der Waals surface area contributed by atoms with Crippen molar-refractivity contribution in [3.63, 3.8) is 0 Å². The van der Waals surface area contributed by atoms with Gasteiger partial charge in [-0.05, 0) is 38.1 Å². The van der Waals surface area contributed by atoms with E-state index in [1.807, 2.05) is 6.92 Å². The molecule has 0 aliphatic heterocycles. The highest BCUT2D eigenvalue weighted by Gasteiger charge is 2.36. The lowest BCUT2D eigenvalue weighted by atomic mass is 9.73. The minimum atomic E-state index is -0.162. The van der Waals surface area contributed by atoms with E-state index in [0.29, 0.717) is 11.5 Å². The third-order valence-electron chi connectivity index (χ3n) is 3.92. The summed E-state index contributed by atoms with van der Waals surface area (Å²) in [5, 5.41) is 10.2. The summed E-state index contributed by atoms with van der Waals surface area (Å²) in [6.07, 6.45) is 2.99. The molecule has 0 aromatic carbocycles. The second-order valence-corrected chi connectivity index (χ2v) is 5.87. The van der Waals surface area contributed by atoms with E-state index < -0.39 is 0 Å². The van der Waals surface area contributed by atoms with Crippen LogP contribution in [0.4, 0.5) is 0 Å². The summed E-state index contributed by atoms with van der Waals surface area (Å²) in [5.41, 5.74) is 0.364. The van der Waals surface area contributed by atoms with Gasteiger partial charge in [0.15, 0.2) is 0 Å². The number of likely N-dealkylation sites (N-methyl/N-ethyl adjacent to an activating group) is 1. The lowest BCUT2D eigenvalue weighted by Gasteiger charge is -2.43. The number of rotatable bonds is 6.